The van der Waals surface area contributed by atoms with Gasteiger partial charge in [-0.25, -0.2) is 12.8 Å². The third-order valence-corrected chi connectivity index (χ3v) is 5.37. The lowest BCUT2D eigenvalue weighted by Gasteiger charge is -2.30. The third kappa shape index (κ3) is 2.47. The molecule has 2 N–H and O–H groups in total. The quantitative estimate of drug-likeness (QED) is 0.867. The highest BCUT2D eigenvalue weighted by molar-refractivity contribution is 7.92. The number of benzene rings is 2. The van der Waals surface area contributed by atoms with Gasteiger partial charge < -0.3 is 5.73 Å². The lowest BCUT2D eigenvalue weighted by molar-refractivity contribution is 0.582. The number of hydrogen-bond donors (Lipinski definition) is 1. The Kier molecular flexibility index (Phi) is 3.33. The van der Waals surface area contributed by atoms with E-state index in [1.54, 1.807) is 18.2 Å². The van der Waals surface area contributed by atoms with E-state index in [0.717, 1.165) is 18.1 Å². The number of nitrogen functional groups attached to an aromatic ring is 1. The molecule has 0 atom stereocenters. The van der Waals surface area contributed by atoms with Gasteiger partial charge in [-0.1, -0.05) is 6.07 Å². The molecule has 0 bridgehead atoms. The van der Waals surface area contributed by atoms with Crippen molar-refractivity contribution in [2.45, 2.75) is 17.7 Å². The molecule has 2 aromatic rings. The number of halogens is 1. The summed E-state index contributed by atoms with van der Waals surface area (Å²) < 4.78 is 40.1. The Labute approximate surface area is 123 Å². The number of sulfonamides is 1. The minimum atomic E-state index is -3.76. The highest BCUT2D eigenvalue weighted by Gasteiger charge is 2.29. The third-order valence-electron chi connectivity index (χ3n) is 3.56. The van der Waals surface area contributed by atoms with Crippen molar-refractivity contribution in [3.8, 4) is 0 Å². The van der Waals surface area contributed by atoms with Crippen LogP contribution in [-0.4, -0.2) is 15.0 Å². The van der Waals surface area contributed by atoms with Crippen LogP contribution in [0.4, 0.5) is 15.8 Å². The first-order chi connectivity index (χ1) is 9.98. The molecule has 2 aromatic carbocycles. The summed E-state index contributed by atoms with van der Waals surface area (Å²) in [4.78, 5) is -0.0350. The largest absolute Gasteiger partial charge is 0.399 e. The second kappa shape index (κ2) is 5.04. The van der Waals surface area contributed by atoms with Gasteiger partial charge >= 0.3 is 0 Å². The molecule has 0 saturated carbocycles. The highest BCUT2D eigenvalue weighted by atomic mass is 32.2. The predicted molar refractivity (Wildman–Crippen MR) is 80.1 cm³/mol. The van der Waals surface area contributed by atoms with Crippen molar-refractivity contribution in [3.05, 3.63) is 53.8 Å². The van der Waals surface area contributed by atoms with Crippen molar-refractivity contribution >= 4 is 21.4 Å². The topological polar surface area (TPSA) is 63.4 Å². The maximum Gasteiger partial charge on any atom is 0.264 e. The van der Waals surface area contributed by atoms with Gasteiger partial charge in [0.1, 0.15) is 5.82 Å². The van der Waals surface area contributed by atoms with Crippen molar-refractivity contribution < 1.29 is 12.8 Å². The Bertz CT molecular complexity index is 790. The Morgan fingerprint density at radius 1 is 1.14 bits per heavy atom. The zero-order valence-electron chi connectivity index (χ0n) is 11.3. The smallest absolute Gasteiger partial charge is 0.264 e. The van der Waals surface area contributed by atoms with Crippen LogP contribution in [0.25, 0.3) is 0 Å². The fourth-order valence-electron chi connectivity index (χ4n) is 2.59. The molecule has 110 valence electrons. The van der Waals surface area contributed by atoms with Crippen molar-refractivity contribution in [3.63, 3.8) is 0 Å². The molecular formula is C15H15FN2O2S. The van der Waals surface area contributed by atoms with E-state index < -0.39 is 15.8 Å². The van der Waals surface area contributed by atoms with E-state index in [-0.39, 0.29) is 4.90 Å². The van der Waals surface area contributed by atoms with Crippen LogP contribution in [0.1, 0.15) is 12.0 Å². The normalized spacial score (nSPS) is 14.8. The molecule has 3 rings (SSSR count). The fraction of sp³-hybridized carbons (Fsp3) is 0.200. The average Bonchev–Trinajstić information content (AvgIpc) is 2.46. The molecular weight excluding hydrogens is 291 g/mol. The average molecular weight is 306 g/mol. The van der Waals surface area contributed by atoms with Crippen LogP contribution >= 0.6 is 0 Å². The molecule has 0 spiro atoms. The molecule has 0 saturated heterocycles. The Morgan fingerprint density at radius 3 is 2.71 bits per heavy atom. The first kappa shape index (κ1) is 13.9. The summed E-state index contributed by atoms with van der Waals surface area (Å²) in [5.74, 6) is -0.564. The number of rotatable bonds is 2. The van der Waals surface area contributed by atoms with Crippen LogP contribution < -0.4 is 10.0 Å². The van der Waals surface area contributed by atoms with Crippen molar-refractivity contribution in [1.29, 1.82) is 0 Å². The highest BCUT2D eigenvalue weighted by Crippen LogP contribution is 2.33. The molecule has 0 fully saturated rings. The van der Waals surface area contributed by atoms with Crippen LogP contribution in [0.5, 0.6) is 0 Å². The molecule has 0 aliphatic carbocycles. The summed E-state index contributed by atoms with van der Waals surface area (Å²) in [7, 11) is -3.76. The monoisotopic (exact) mass is 306 g/mol. The number of hydrogen-bond acceptors (Lipinski definition) is 3. The molecule has 1 aliphatic heterocycles. The fourth-order valence-corrected chi connectivity index (χ4v) is 4.16. The van der Waals surface area contributed by atoms with Gasteiger partial charge in [0.25, 0.3) is 10.0 Å². The van der Waals surface area contributed by atoms with Gasteiger partial charge in [0.05, 0.1) is 10.6 Å². The summed E-state index contributed by atoms with van der Waals surface area (Å²) in [6.45, 7) is 0.385. The number of nitrogens with two attached hydrogens (primary N) is 1. The van der Waals surface area contributed by atoms with Crippen LogP contribution in [0, 0.1) is 5.82 Å². The van der Waals surface area contributed by atoms with E-state index in [2.05, 4.69) is 0 Å². The standard InChI is InChI=1S/C15H15FN2O2S/c16-12-4-1-5-14(10-12)21(19,20)18-8-2-3-11-9-13(17)6-7-15(11)18/h1,4-7,9-10H,2-3,8,17H2. The predicted octanol–water partition coefficient (Wildman–Crippen LogP) is 2.55. The molecule has 0 aromatic heterocycles. The van der Waals surface area contributed by atoms with Gasteiger partial charge in [-0.3, -0.25) is 4.31 Å². The summed E-state index contributed by atoms with van der Waals surface area (Å²) in [5.41, 5.74) is 7.89. The van der Waals surface area contributed by atoms with Crippen LogP contribution in [0.2, 0.25) is 0 Å². The first-order valence-electron chi connectivity index (χ1n) is 6.65. The van der Waals surface area contributed by atoms with Crippen molar-refractivity contribution in [1.82, 2.24) is 0 Å². The zero-order valence-corrected chi connectivity index (χ0v) is 12.1. The molecule has 21 heavy (non-hydrogen) atoms. The maximum atomic E-state index is 13.3. The molecule has 0 unspecified atom stereocenters. The summed E-state index contributed by atoms with van der Waals surface area (Å²) in [6, 6.07) is 10.3. The molecule has 0 amide bonds. The van der Waals surface area contributed by atoms with Gasteiger partial charge in [0, 0.05) is 12.2 Å². The van der Waals surface area contributed by atoms with E-state index in [9.17, 15) is 12.8 Å². The zero-order chi connectivity index (χ0) is 15.0. The molecule has 6 heteroatoms. The Hall–Kier alpha value is -2.08. The van der Waals surface area contributed by atoms with Gasteiger partial charge in [0.15, 0.2) is 0 Å². The first-order valence-corrected chi connectivity index (χ1v) is 8.09. The second-order valence-electron chi connectivity index (χ2n) is 5.03. The molecule has 0 radical (unpaired) electrons. The van der Waals surface area contributed by atoms with Gasteiger partial charge in [0.2, 0.25) is 0 Å². The van der Waals surface area contributed by atoms with E-state index in [1.165, 1.54) is 22.5 Å². The number of nitrogens with zero attached hydrogens (tertiary/aromatic N) is 1. The van der Waals surface area contributed by atoms with E-state index in [4.69, 9.17) is 5.73 Å². The van der Waals surface area contributed by atoms with Crippen molar-refractivity contribution in [2.24, 2.45) is 0 Å². The Balaban J connectivity index is 2.09. The van der Waals surface area contributed by atoms with E-state index in [1.807, 2.05) is 0 Å². The minimum Gasteiger partial charge on any atom is -0.399 e. The number of fused-ring (bicyclic) bond motifs is 1. The van der Waals surface area contributed by atoms with Gasteiger partial charge in [-0.2, -0.15) is 0 Å². The lowest BCUT2D eigenvalue weighted by atomic mass is 10.0. The van der Waals surface area contributed by atoms with Crippen LogP contribution in [-0.2, 0) is 16.4 Å². The lowest BCUT2D eigenvalue weighted by Crippen LogP contribution is -2.35. The maximum absolute atomic E-state index is 13.3. The van der Waals surface area contributed by atoms with Gasteiger partial charge in [-0.15, -0.1) is 0 Å². The SMILES string of the molecule is Nc1ccc2c(c1)CCCN2S(=O)(=O)c1cccc(F)c1. The van der Waals surface area contributed by atoms with E-state index >= 15 is 0 Å². The van der Waals surface area contributed by atoms with Crippen molar-refractivity contribution in [2.75, 3.05) is 16.6 Å². The molecule has 4 nitrogen and oxygen atoms in total. The molecule has 1 heterocycles. The van der Waals surface area contributed by atoms with Crippen LogP contribution in [0.3, 0.4) is 0 Å². The second-order valence-corrected chi connectivity index (χ2v) is 6.89. The minimum absolute atomic E-state index is 0.0350. The van der Waals surface area contributed by atoms with E-state index in [0.29, 0.717) is 24.3 Å². The molecule has 1 aliphatic rings. The number of anilines is 2. The Morgan fingerprint density at radius 2 is 1.95 bits per heavy atom. The van der Waals surface area contributed by atoms with Gasteiger partial charge in [-0.05, 0) is 54.8 Å². The summed E-state index contributed by atoms with van der Waals surface area (Å²) >= 11 is 0. The summed E-state index contributed by atoms with van der Waals surface area (Å²) in [5, 5.41) is 0. The number of aryl methyl sites for hydroxylation is 1. The van der Waals surface area contributed by atoms with Crippen LogP contribution in [0.15, 0.2) is 47.4 Å². The summed E-state index contributed by atoms with van der Waals surface area (Å²) in [6.07, 6.45) is 1.50.